The number of esters is 1. The second-order valence-corrected chi connectivity index (χ2v) is 9.14. The molecule has 5 heteroatoms. The van der Waals surface area contributed by atoms with Gasteiger partial charge in [-0.1, -0.05) is 40.2 Å². The molecule has 0 amide bonds. The van der Waals surface area contributed by atoms with E-state index in [1.807, 2.05) is 19.9 Å². The molecule has 3 rings (SSSR count). The van der Waals surface area contributed by atoms with E-state index in [-0.39, 0.29) is 28.7 Å². The van der Waals surface area contributed by atoms with Gasteiger partial charge in [-0.15, -0.1) is 0 Å². The van der Waals surface area contributed by atoms with E-state index in [0.717, 1.165) is 36.8 Å². The summed E-state index contributed by atoms with van der Waals surface area (Å²) in [6.45, 7) is 9.49. The third kappa shape index (κ3) is 2.91. The molecule has 2 unspecified atom stereocenters. The van der Waals surface area contributed by atoms with Crippen LogP contribution in [0.3, 0.4) is 0 Å². The van der Waals surface area contributed by atoms with E-state index in [2.05, 4.69) is 13.8 Å². The lowest BCUT2D eigenvalue weighted by atomic mass is 9.49. The van der Waals surface area contributed by atoms with Gasteiger partial charge >= 0.3 is 11.9 Å². The van der Waals surface area contributed by atoms with Gasteiger partial charge in [0.1, 0.15) is 0 Å². The molecule has 0 spiro atoms. The molecule has 148 valence electrons. The van der Waals surface area contributed by atoms with E-state index >= 15 is 0 Å². The summed E-state index contributed by atoms with van der Waals surface area (Å²) in [5.74, 6) is -1.46. The van der Waals surface area contributed by atoms with E-state index in [1.165, 1.54) is 6.92 Å². The molecule has 1 fully saturated rings. The minimum atomic E-state index is -1.14. The molecule has 2 aliphatic carbocycles. The molecule has 0 aliphatic heterocycles. The van der Waals surface area contributed by atoms with Crippen molar-refractivity contribution in [3.05, 3.63) is 22.8 Å². The van der Waals surface area contributed by atoms with Crippen LogP contribution < -0.4 is 4.74 Å². The normalized spacial score (nSPS) is 26.2. The second-order valence-electron chi connectivity index (χ2n) is 9.14. The lowest BCUT2D eigenvalue weighted by Crippen LogP contribution is -2.54. The van der Waals surface area contributed by atoms with Gasteiger partial charge in [0.05, 0.1) is 5.41 Å². The lowest BCUT2D eigenvalue weighted by Gasteiger charge is -2.53. The van der Waals surface area contributed by atoms with Crippen molar-refractivity contribution in [3.63, 3.8) is 0 Å². The molecule has 1 aromatic carbocycles. The van der Waals surface area contributed by atoms with Crippen LogP contribution in [0.15, 0.2) is 6.07 Å². The monoisotopic (exact) mass is 374 g/mol. The van der Waals surface area contributed by atoms with Gasteiger partial charge < -0.3 is 14.9 Å². The highest BCUT2D eigenvalue weighted by atomic mass is 16.5. The molecule has 0 bridgehead atoms. The molecule has 2 aliphatic rings. The smallest absolute Gasteiger partial charge is 0.314 e. The summed E-state index contributed by atoms with van der Waals surface area (Å²) in [4.78, 5) is 24.3. The van der Waals surface area contributed by atoms with Crippen molar-refractivity contribution in [2.24, 2.45) is 11.3 Å². The van der Waals surface area contributed by atoms with Crippen molar-refractivity contribution in [3.8, 4) is 11.5 Å². The Morgan fingerprint density at radius 2 is 1.93 bits per heavy atom. The summed E-state index contributed by atoms with van der Waals surface area (Å²) in [6, 6.07) is 1.94. The average Bonchev–Trinajstić information content (AvgIpc) is 2.55. The maximum atomic E-state index is 12.6. The summed E-state index contributed by atoms with van der Waals surface area (Å²) in [5.41, 5.74) is 0.835. The first kappa shape index (κ1) is 19.7. The van der Waals surface area contributed by atoms with Crippen LogP contribution in [0.4, 0.5) is 0 Å². The predicted molar refractivity (Wildman–Crippen MR) is 102 cm³/mol. The summed E-state index contributed by atoms with van der Waals surface area (Å²) < 4.78 is 5.38. The predicted octanol–water partition coefficient (Wildman–Crippen LogP) is 4.54. The number of rotatable bonds is 3. The number of fused-ring (bicyclic) bond motifs is 3. The Balaban J connectivity index is 2.33. The van der Waals surface area contributed by atoms with Gasteiger partial charge in [-0.2, -0.15) is 0 Å². The quantitative estimate of drug-likeness (QED) is 0.599. The maximum Gasteiger partial charge on any atom is 0.314 e. The van der Waals surface area contributed by atoms with E-state index < -0.39 is 17.4 Å². The minimum absolute atomic E-state index is 0.0387. The molecule has 2 atom stereocenters. The molecule has 1 saturated carbocycles. The van der Waals surface area contributed by atoms with Crippen molar-refractivity contribution in [2.45, 2.75) is 78.1 Å². The molecule has 2 N–H and O–H groups in total. The third-order valence-electron chi connectivity index (χ3n) is 6.69. The van der Waals surface area contributed by atoms with Crippen LogP contribution in [-0.4, -0.2) is 22.2 Å². The number of aryl methyl sites for hydroxylation is 1. The number of phenolic OH excluding ortho intramolecular Hbond substituents is 1. The summed E-state index contributed by atoms with van der Waals surface area (Å²) in [7, 11) is 0. The van der Waals surface area contributed by atoms with Gasteiger partial charge in [0.15, 0.2) is 11.5 Å². The standard InChI is InChI=1S/C22H30O5/c1-12(2)15-11-14-7-8-16-21(4,5)9-6-10-22(16,20(25)26)17(14)18(24)19(15)27-13(3)23/h11-12,16,24H,6-10H2,1-5H3,(H,25,26). The Hall–Kier alpha value is -2.04. The summed E-state index contributed by atoms with van der Waals surface area (Å²) in [5, 5.41) is 21.6. The number of hydrogen-bond donors (Lipinski definition) is 2. The SMILES string of the molecule is CC(=O)Oc1c(C(C)C)cc2c(c1O)C1(C(=O)O)CCCC(C)(C)C1CC2. The van der Waals surface area contributed by atoms with Gasteiger partial charge in [-0.05, 0) is 48.5 Å². The van der Waals surface area contributed by atoms with Crippen LogP contribution in [0, 0.1) is 11.3 Å². The highest BCUT2D eigenvalue weighted by molar-refractivity contribution is 5.86. The highest BCUT2D eigenvalue weighted by Crippen LogP contribution is 2.60. The van der Waals surface area contributed by atoms with Crippen molar-refractivity contribution >= 4 is 11.9 Å². The summed E-state index contributed by atoms with van der Waals surface area (Å²) >= 11 is 0. The van der Waals surface area contributed by atoms with Crippen LogP contribution in [0.5, 0.6) is 11.5 Å². The number of benzene rings is 1. The van der Waals surface area contributed by atoms with Gasteiger partial charge in [-0.25, -0.2) is 0 Å². The Morgan fingerprint density at radius 3 is 2.48 bits per heavy atom. The lowest BCUT2D eigenvalue weighted by molar-refractivity contribution is -0.152. The second kappa shape index (κ2) is 6.54. The number of hydrogen-bond acceptors (Lipinski definition) is 4. The van der Waals surface area contributed by atoms with E-state index in [9.17, 15) is 19.8 Å². The number of carbonyl (C=O) groups excluding carboxylic acids is 1. The fourth-order valence-corrected chi connectivity index (χ4v) is 5.54. The number of aliphatic carboxylic acids is 1. The fraction of sp³-hybridized carbons (Fsp3) is 0.636. The number of aromatic hydroxyl groups is 1. The Bertz CT molecular complexity index is 792. The zero-order valence-corrected chi connectivity index (χ0v) is 16.9. The zero-order chi connectivity index (χ0) is 20.1. The highest BCUT2D eigenvalue weighted by Gasteiger charge is 2.58. The largest absolute Gasteiger partial charge is 0.504 e. The van der Waals surface area contributed by atoms with Crippen molar-refractivity contribution in [2.75, 3.05) is 0 Å². The first-order valence-corrected chi connectivity index (χ1v) is 9.83. The molecular formula is C22H30O5. The van der Waals surface area contributed by atoms with Gasteiger partial charge in [0.2, 0.25) is 0 Å². The van der Waals surface area contributed by atoms with Crippen LogP contribution >= 0.6 is 0 Å². The van der Waals surface area contributed by atoms with Gasteiger partial charge in [0, 0.05) is 18.1 Å². The Labute approximate surface area is 160 Å². The van der Waals surface area contributed by atoms with Crippen LogP contribution in [-0.2, 0) is 21.4 Å². The van der Waals surface area contributed by atoms with Gasteiger partial charge in [-0.3, -0.25) is 9.59 Å². The van der Waals surface area contributed by atoms with Crippen molar-refractivity contribution in [1.29, 1.82) is 0 Å². The topological polar surface area (TPSA) is 83.8 Å². The molecule has 0 radical (unpaired) electrons. The number of phenols is 1. The molecule has 0 aromatic heterocycles. The molecule has 0 saturated heterocycles. The fourth-order valence-electron chi connectivity index (χ4n) is 5.54. The molecule has 1 aromatic rings. The maximum absolute atomic E-state index is 12.6. The number of carbonyl (C=O) groups is 2. The van der Waals surface area contributed by atoms with Gasteiger partial charge in [0.25, 0.3) is 0 Å². The van der Waals surface area contributed by atoms with Crippen LogP contribution in [0.25, 0.3) is 0 Å². The minimum Gasteiger partial charge on any atom is -0.504 e. The Kier molecular flexibility index (Phi) is 4.77. The summed E-state index contributed by atoms with van der Waals surface area (Å²) in [6.07, 6.45) is 3.78. The van der Waals surface area contributed by atoms with E-state index in [4.69, 9.17) is 4.74 Å². The first-order valence-electron chi connectivity index (χ1n) is 9.83. The molecule has 27 heavy (non-hydrogen) atoms. The number of ether oxygens (including phenoxy) is 1. The van der Waals surface area contributed by atoms with Crippen molar-refractivity contribution in [1.82, 2.24) is 0 Å². The zero-order valence-electron chi connectivity index (χ0n) is 16.9. The van der Waals surface area contributed by atoms with Crippen LogP contribution in [0.1, 0.15) is 82.9 Å². The third-order valence-corrected chi connectivity index (χ3v) is 6.69. The van der Waals surface area contributed by atoms with Crippen molar-refractivity contribution < 1.29 is 24.5 Å². The number of carboxylic acids is 1. The first-order chi connectivity index (χ1) is 12.5. The Morgan fingerprint density at radius 1 is 1.26 bits per heavy atom. The number of carboxylic acid groups (broad SMARTS) is 1. The molecule has 0 heterocycles. The van der Waals surface area contributed by atoms with Crippen LogP contribution in [0.2, 0.25) is 0 Å². The van der Waals surface area contributed by atoms with E-state index in [0.29, 0.717) is 12.0 Å². The molecular weight excluding hydrogens is 344 g/mol. The average molecular weight is 374 g/mol. The molecule has 5 nitrogen and oxygen atoms in total. The van der Waals surface area contributed by atoms with E-state index in [1.54, 1.807) is 0 Å².